The van der Waals surface area contributed by atoms with Crippen molar-refractivity contribution >= 4 is 15.9 Å². The van der Waals surface area contributed by atoms with Gasteiger partial charge in [-0.2, -0.15) is 0 Å². The van der Waals surface area contributed by atoms with Gasteiger partial charge in [-0.05, 0) is 54.4 Å². The SMILES string of the molecule is CC(CO)(Oc1ccc(COc2ccc(Br)cc2)cc1)c1ccccc1. The van der Waals surface area contributed by atoms with Gasteiger partial charge in [0, 0.05) is 4.47 Å². The van der Waals surface area contributed by atoms with Gasteiger partial charge in [0.15, 0.2) is 5.60 Å². The van der Waals surface area contributed by atoms with Crippen LogP contribution in [0.2, 0.25) is 0 Å². The fraction of sp³-hybridized carbons (Fsp3) is 0.182. The summed E-state index contributed by atoms with van der Waals surface area (Å²) in [6.45, 7) is 2.26. The van der Waals surface area contributed by atoms with Gasteiger partial charge < -0.3 is 14.6 Å². The second-order valence-electron chi connectivity index (χ2n) is 6.24. The van der Waals surface area contributed by atoms with E-state index in [1.807, 2.05) is 85.8 Å². The van der Waals surface area contributed by atoms with Crippen LogP contribution in [0.5, 0.6) is 11.5 Å². The van der Waals surface area contributed by atoms with Crippen LogP contribution in [-0.4, -0.2) is 11.7 Å². The number of hydrogen-bond donors (Lipinski definition) is 1. The molecule has 3 aromatic carbocycles. The molecule has 0 saturated heterocycles. The van der Waals surface area contributed by atoms with Gasteiger partial charge >= 0.3 is 0 Å². The molecule has 3 nitrogen and oxygen atoms in total. The van der Waals surface area contributed by atoms with Crippen molar-refractivity contribution in [3.63, 3.8) is 0 Å². The van der Waals surface area contributed by atoms with Crippen LogP contribution in [-0.2, 0) is 12.2 Å². The van der Waals surface area contributed by atoms with Gasteiger partial charge in [0.1, 0.15) is 18.1 Å². The topological polar surface area (TPSA) is 38.7 Å². The van der Waals surface area contributed by atoms with E-state index in [4.69, 9.17) is 9.47 Å². The Kier molecular flexibility index (Phi) is 5.96. The van der Waals surface area contributed by atoms with Crippen molar-refractivity contribution in [1.29, 1.82) is 0 Å². The first-order valence-corrected chi connectivity index (χ1v) is 9.21. The molecular weight excluding hydrogens is 392 g/mol. The lowest BCUT2D eigenvalue weighted by molar-refractivity contribution is 0.0216. The highest BCUT2D eigenvalue weighted by Gasteiger charge is 2.27. The lowest BCUT2D eigenvalue weighted by Crippen LogP contribution is -2.33. The summed E-state index contributed by atoms with van der Waals surface area (Å²) in [5.74, 6) is 1.53. The molecule has 3 rings (SSSR count). The van der Waals surface area contributed by atoms with Crippen LogP contribution in [0.1, 0.15) is 18.1 Å². The van der Waals surface area contributed by atoms with Crippen LogP contribution in [0.4, 0.5) is 0 Å². The van der Waals surface area contributed by atoms with Crippen molar-refractivity contribution in [1.82, 2.24) is 0 Å². The molecule has 0 heterocycles. The predicted molar refractivity (Wildman–Crippen MR) is 106 cm³/mol. The van der Waals surface area contributed by atoms with E-state index in [0.29, 0.717) is 12.4 Å². The van der Waals surface area contributed by atoms with E-state index >= 15 is 0 Å². The highest BCUT2D eigenvalue weighted by molar-refractivity contribution is 9.10. The Hall–Kier alpha value is -2.30. The average molecular weight is 413 g/mol. The first-order chi connectivity index (χ1) is 12.6. The molecule has 0 aliphatic rings. The number of halogens is 1. The molecule has 0 saturated carbocycles. The van der Waals surface area contributed by atoms with E-state index in [1.165, 1.54) is 0 Å². The molecule has 0 aliphatic heterocycles. The predicted octanol–water partition coefficient (Wildman–Crippen LogP) is 5.31. The van der Waals surface area contributed by atoms with E-state index in [9.17, 15) is 5.11 Å². The van der Waals surface area contributed by atoms with Crippen molar-refractivity contribution in [3.8, 4) is 11.5 Å². The largest absolute Gasteiger partial charge is 0.489 e. The minimum absolute atomic E-state index is 0.106. The third kappa shape index (κ3) is 4.65. The quantitative estimate of drug-likeness (QED) is 0.570. The molecule has 26 heavy (non-hydrogen) atoms. The summed E-state index contributed by atoms with van der Waals surface area (Å²) < 4.78 is 12.9. The van der Waals surface area contributed by atoms with E-state index in [-0.39, 0.29) is 6.61 Å². The summed E-state index contributed by atoms with van der Waals surface area (Å²) >= 11 is 3.41. The Morgan fingerprint density at radius 1 is 0.846 bits per heavy atom. The van der Waals surface area contributed by atoms with Gasteiger partial charge in [-0.15, -0.1) is 0 Å². The summed E-state index contributed by atoms with van der Waals surface area (Å²) in [6.07, 6.45) is 0. The van der Waals surface area contributed by atoms with E-state index in [1.54, 1.807) is 0 Å². The smallest absolute Gasteiger partial charge is 0.154 e. The maximum absolute atomic E-state index is 9.84. The summed E-state index contributed by atoms with van der Waals surface area (Å²) in [5, 5.41) is 9.84. The van der Waals surface area contributed by atoms with Gasteiger partial charge in [0.05, 0.1) is 6.61 Å². The van der Waals surface area contributed by atoms with Crippen molar-refractivity contribution in [2.75, 3.05) is 6.61 Å². The van der Waals surface area contributed by atoms with Crippen molar-refractivity contribution in [3.05, 3.63) is 94.5 Å². The van der Waals surface area contributed by atoms with Crippen LogP contribution in [0.25, 0.3) is 0 Å². The van der Waals surface area contributed by atoms with E-state index in [0.717, 1.165) is 21.3 Å². The van der Waals surface area contributed by atoms with Crippen LogP contribution in [0, 0.1) is 0 Å². The molecule has 0 spiro atoms. The molecule has 3 aromatic rings. The Labute approximate surface area is 162 Å². The lowest BCUT2D eigenvalue weighted by atomic mass is 9.96. The maximum atomic E-state index is 9.84. The first kappa shape index (κ1) is 18.5. The van der Waals surface area contributed by atoms with Gasteiger partial charge in [-0.25, -0.2) is 0 Å². The molecule has 134 valence electrons. The van der Waals surface area contributed by atoms with Gasteiger partial charge in [-0.3, -0.25) is 0 Å². The second-order valence-corrected chi connectivity index (χ2v) is 7.16. The third-order valence-corrected chi connectivity index (χ3v) is 4.70. The Bertz CT molecular complexity index is 816. The zero-order valence-corrected chi connectivity index (χ0v) is 16.1. The zero-order chi connectivity index (χ0) is 18.4. The molecule has 1 atom stereocenters. The van der Waals surface area contributed by atoms with Gasteiger partial charge in [0.25, 0.3) is 0 Å². The monoisotopic (exact) mass is 412 g/mol. The number of rotatable bonds is 7. The standard InChI is InChI=1S/C22H21BrO3/c1-22(16-24,18-5-3-2-4-6-18)26-21-11-7-17(8-12-21)15-25-20-13-9-19(23)10-14-20/h2-14,24H,15-16H2,1H3. The molecule has 0 radical (unpaired) electrons. The summed E-state index contributed by atoms with van der Waals surface area (Å²) in [5.41, 5.74) is 1.20. The molecule has 0 bridgehead atoms. The van der Waals surface area contributed by atoms with Crippen LogP contribution in [0.15, 0.2) is 83.3 Å². The second kappa shape index (κ2) is 8.39. The third-order valence-electron chi connectivity index (χ3n) is 4.17. The summed E-state index contributed by atoms with van der Waals surface area (Å²) in [6, 6.07) is 25.2. The molecule has 1 N–H and O–H groups in total. The van der Waals surface area contributed by atoms with Gasteiger partial charge in [-0.1, -0.05) is 58.4 Å². The van der Waals surface area contributed by atoms with Crippen LogP contribution in [0.3, 0.4) is 0 Å². The number of aliphatic hydroxyl groups is 1. The van der Waals surface area contributed by atoms with Crippen molar-refractivity contribution in [2.45, 2.75) is 19.1 Å². The molecule has 0 fully saturated rings. The zero-order valence-electron chi connectivity index (χ0n) is 14.6. The number of ether oxygens (including phenoxy) is 2. The van der Waals surface area contributed by atoms with Crippen molar-refractivity contribution in [2.24, 2.45) is 0 Å². The molecule has 0 aliphatic carbocycles. The highest BCUT2D eigenvalue weighted by atomic mass is 79.9. The first-order valence-electron chi connectivity index (χ1n) is 8.42. The minimum Gasteiger partial charge on any atom is -0.489 e. The minimum atomic E-state index is -0.781. The fourth-order valence-electron chi connectivity index (χ4n) is 2.58. The van der Waals surface area contributed by atoms with Crippen molar-refractivity contribution < 1.29 is 14.6 Å². The molecule has 1 unspecified atom stereocenters. The molecular formula is C22H21BrO3. The summed E-state index contributed by atoms with van der Waals surface area (Å²) in [4.78, 5) is 0. The summed E-state index contributed by atoms with van der Waals surface area (Å²) in [7, 11) is 0. The maximum Gasteiger partial charge on any atom is 0.154 e. The molecule has 4 heteroatoms. The molecule has 0 amide bonds. The Morgan fingerprint density at radius 3 is 2.08 bits per heavy atom. The van der Waals surface area contributed by atoms with Crippen LogP contribution < -0.4 is 9.47 Å². The average Bonchev–Trinajstić information content (AvgIpc) is 2.69. The van der Waals surface area contributed by atoms with Crippen LogP contribution >= 0.6 is 15.9 Å². The highest BCUT2D eigenvalue weighted by Crippen LogP contribution is 2.28. The lowest BCUT2D eigenvalue weighted by Gasteiger charge is -2.29. The van der Waals surface area contributed by atoms with Gasteiger partial charge in [0.2, 0.25) is 0 Å². The number of aliphatic hydroxyl groups excluding tert-OH is 1. The van der Waals surface area contributed by atoms with E-state index in [2.05, 4.69) is 15.9 Å². The number of hydrogen-bond acceptors (Lipinski definition) is 3. The number of benzene rings is 3. The fourth-order valence-corrected chi connectivity index (χ4v) is 2.85. The Morgan fingerprint density at radius 2 is 1.46 bits per heavy atom. The Balaban J connectivity index is 1.64. The molecule has 0 aromatic heterocycles. The van der Waals surface area contributed by atoms with E-state index < -0.39 is 5.60 Å². The normalized spacial score (nSPS) is 13.0.